The molecule has 0 radical (unpaired) electrons. The number of nitrogens with zero attached hydrogens (tertiary/aromatic N) is 3. The third-order valence-electron chi connectivity index (χ3n) is 5.52. The molecule has 190 valence electrons. The number of hydrogen-bond acceptors (Lipinski definition) is 6. The second-order valence-electron chi connectivity index (χ2n) is 8.05. The largest absolute Gasteiger partial charge is 0.497 e. The molecular weight excluding hydrogens is 493 g/mol. The summed E-state index contributed by atoms with van der Waals surface area (Å²) in [5, 5.41) is 11.5. The fourth-order valence-electron chi connectivity index (χ4n) is 3.64. The Morgan fingerprint density at radius 2 is 2.06 bits per heavy atom. The predicted molar refractivity (Wildman–Crippen MR) is 130 cm³/mol. The maximum atomic E-state index is 13.4. The smallest absolute Gasteiger partial charge is 0.416 e. The maximum absolute atomic E-state index is 13.4. The predicted octanol–water partition coefficient (Wildman–Crippen LogP) is 4.90. The summed E-state index contributed by atoms with van der Waals surface area (Å²) < 4.78 is 52.4. The van der Waals surface area contributed by atoms with Crippen molar-refractivity contribution in [3.63, 3.8) is 0 Å². The molecule has 0 saturated carbocycles. The number of alkyl halides is 3. The third kappa shape index (κ3) is 6.67. The Balaban J connectivity index is 1.51. The maximum Gasteiger partial charge on any atom is 0.416 e. The molecule has 1 N–H and O–H groups in total. The number of amides is 1. The Morgan fingerprint density at radius 1 is 1.25 bits per heavy atom. The summed E-state index contributed by atoms with van der Waals surface area (Å²) in [6, 6.07) is 12.1. The Kier molecular flexibility index (Phi) is 8.32. The molecule has 0 bridgehead atoms. The molecule has 1 fully saturated rings. The molecule has 3 aromatic rings. The zero-order valence-electron chi connectivity index (χ0n) is 19.5. The SMILES string of the molecule is COc1ccc(/C=C/C(=O)NCc2nnc(SC[C@@H]3CCCO3)n2-c2cccc(C(F)(F)F)c2)cc1. The number of hydrogen-bond donors (Lipinski definition) is 1. The number of carbonyl (C=O) groups is 1. The van der Waals surface area contributed by atoms with Gasteiger partial charge in [-0.25, -0.2) is 0 Å². The molecule has 4 rings (SSSR count). The van der Waals surface area contributed by atoms with Gasteiger partial charge in [0, 0.05) is 18.4 Å². The van der Waals surface area contributed by atoms with Crippen molar-refractivity contribution in [3.8, 4) is 11.4 Å². The summed E-state index contributed by atoms with van der Waals surface area (Å²) in [4.78, 5) is 12.4. The Labute approximate surface area is 210 Å². The molecule has 11 heteroatoms. The van der Waals surface area contributed by atoms with E-state index in [1.54, 1.807) is 36.0 Å². The van der Waals surface area contributed by atoms with Gasteiger partial charge in [-0.05, 0) is 54.8 Å². The highest BCUT2D eigenvalue weighted by Crippen LogP contribution is 2.32. The number of benzene rings is 2. The van der Waals surface area contributed by atoms with Crippen LogP contribution in [-0.2, 0) is 22.3 Å². The van der Waals surface area contributed by atoms with Gasteiger partial charge in [-0.3, -0.25) is 9.36 Å². The van der Waals surface area contributed by atoms with E-state index in [9.17, 15) is 18.0 Å². The van der Waals surface area contributed by atoms with Crippen LogP contribution >= 0.6 is 11.8 Å². The normalized spacial score (nSPS) is 15.9. The molecule has 0 aliphatic carbocycles. The molecule has 1 aliphatic heterocycles. The fourth-order valence-corrected chi connectivity index (χ4v) is 4.68. The Hall–Kier alpha value is -3.31. The second kappa shape index (κ2) is 11.6. The average molecular weight is 519 g/mol. The van der Waals surface area contributed by atoms with Crippen LogP contribution in [0.4, 0.5) is 13.2 Å². The number of nitrogens with one attached hydrogen (secondary N) is 1. The molecule has 2 aromatic carbocycles. The molecule has 0 spiro atoms. The van der Waals surface area contributed by atoms with E-state index in [2.05, 4.69) is 15.5 Å². The van der Waals surface area contributed by atoms with Crippen LogP contribution in [0.3, 0.4) is 0 Å². The molecule has 1 amide bonds. The summed E-state index contributed by atoms with van der Waals surface area (Å²) in [5.74, 6) is 1.25. The minimum Gasteiger partial charge on any atom is -0.497 e. The van der Waals surface area contributed by atoms with Crippen molar-refractivity contribution in [2.45, 2.75) is 36.8 Å². The highest BCUT2D eigenvalue weighted by molar-refractivity contribution is 7.99. The minimum atomic E-state index is -4.49. The lowest BCUT2D eigenvalue weighted by atomic mass is 10.2. The number of thioether (sulfide) groups is 1. The van der Waals surface area contributed by atoms with Crippen LogP contribution in [0.5, 0.6) is 5.75 Å². The second-order valence-corrected chi connectivity index (χ2v) is 9.04. The van der Waals surface area contributed by atoms with Crippen LogP contribution in [0.15, 0.2) is 59.8 Å². The molecule has 0 unspecified atom stereocenters. The molecule has 1 saturated heterocycles. The highest BCUT2D eigenvalue weighted by atomic mass is 32.2. The summed E-state index contributed by atoms with van der Waals surface area (Å²) in [6.45, 7) is 0.683. The molecule has 7 nitrogen and oxygen atoms in total. The van der Waals surface area contributed by atoms with Crippen molar-refractivity contribution in [3.05, 3.63) is 71.6 Å². The van der Waals surface area contributed by atoms with E-state index in [1.807, 2.05) is 12.1 Å². The van der Waals surface area contributed by atoms with Crippen molar-refractivity contribution in [1.29, 1.82) is 0 Å². The molecule has 2 heterocycles. The van der Waals surface area contributed by atoms with Crippen LogP contribution in [0.2, 0.25) is 0 Å². The topological polar surface area (TPSA) is 78.3 Å². The first kappa shape index (κ1) is 25.8. The van der Waals surface area contributed by atoms with E-state index in [1.165, 1.54) is 23.9 Å². The van der Waals surface area contributed by atoms with Gasteiger partial charge >= 0.3 is 6.18 Å². The van der Waals surface area contributed by atoms with E-state index >= 15 is 0 Å². The van der Waals surface area contributed by atoms with Crippen LogP contribution in [0, 0.1) is 0 Å². The van der Waals surface area contributed by atoms with E-state index in [-0.39, 0.29) is 24.2 Å². The number of ether oxygens (including phenoxy) is 2. The van der Waals surface area contributed by atoms with Gasteiger partial charge < -0.3 is 14.8 Å². The summed E-state index contributed by atoms with van der Waals surface area (Å²) in [7, 11) is 1.57. The van der Waals surface area contributed by atoms with Crippen molar-refractivity contribution in [2.75, 3.05) is 19.5 Å². The van der Waals surface area contributed by atoms with Gasteiger partial charge in [0.2, 0.25) is 5.91 Å². The van der Waals surface area contributed by atoms with E-state index in [0.717, 1.165) is 30.5 Å². The lowest BCUT2D eigenvalue weighted by molar-refractivity contribution is -0.137. The van der Waals surface area contributed by atoms with Crippen molar-refractivity contribution in [2.24, 2.45) is 0 Å². The number of halogens is 3. The summed E-state index contributed by atoms with van der Waals surface area (Å²) in [6.07, 6.45) is 0.499. The molecule has 1 aromatic heterocycles. The monoisotopic (exact) mass is 518 g/mol. The van der Waals surface area contributed by atoms with Gasteiger partial charge in [-0.15, -0.1) is 10.2 Å². The zero-order valence-corrected chi connectivity index (χ0v) is 20.3. The first-order valence-electron chi connectivity index (χ1n) is 11.3. The van der Waals surface area contributed by atoms with Crippen molar-refractivity contribution in [1.82, 2.24) is 20.1 Å². The highest BCUT2D eigenvalue weighted by Gasteiger charge is 2.31. The number of aromatic nitrogens is 3. The molecule has 1 atom stereocenters. The Morgan fingerprint density at radius 3 is 2.75 bits per heavy atom. The third-order valence-corrected chi connectivity index (χ3v) is 6.58. The van der Waals surface area contributed by atoms with Crippen molar-refractivity contribution < 1.29 is 27.4 Å². The van der Waals surface area contributed by atoms with Gasteiger partial charge in [0.1, 0.15) is 5.75 Å². The quantitative estimate of drug-likeness (QED) is 0.321. The fraction of sp³-hybridized carbons (Fsp3) is 0.320. The standard InChI is InChI=1S/C25H25F3N4O3S/c1-34-20-10-7-17(8-11-20)9-12-23(33)29-15-22-30-31-24(36-16-21-6-3-13-35-21)32(22)19-5-2-4-18(14-19)25(26,27)28/h2,4-5,7-12,14,21H,3,6,13,15-16H2,1H3,(H,29,33)/b12-9+/t21-/m0/s1. The first-order chi connectivity index (χ1) is 17.3. The molecular formula is C25H25F3N4O3S. The van der Waals surface area contributed by atoms with E-state index in [0.29, 0.717) is 29.1 Å². The Bertz CT molecular complexity index is 1210. The van der Waals surface area contributed by atoms with Crippen LogP contribution in [-0.4, -0.2) is 46.2 Å². The molecule has 36 heavy (non-hydrogen) atoms. The zero-order chi connectivity index (χ0) is 25.5. The average Bonchev–Trinajstić information content (AvgIpc) is 3.54. The summed E-state index contributed by atoms with van der Waals surface area (Å²) >= 11 is 1.36. The van der Waals surface area contributed by atoms with Gasteiger partial charge in [0.15, 0.2) is 11.0 Å². The first-order valence-corrected chi connectivity index (χ1v) is 12.3. The summed E-state index contributed by atoms with van der Waals surface area (Å²) in [5.41, 5.74) is 0.301. The van der Waals surface area contributed by atoms with Crippen LogP contribution < -0.4 is 10.1 Å². The van der Waals surface area contributed by atoms with E-state index in [4.69, 9.17) is 9.47 Å². The van der Waals surface area contributed by atoms with Gasteiger partial charge in [-0.2, -0.15) is 13.2 Å². The lowest BCUT2D eigenvalue weighted by Crippen LogP contribution is -2.22. The van der Waals surface area contributed by atoms with E-state index < -0.39 is 11.7 Å². The van der Waals surface area contributed by atoms with Gasteiger partial charge in [0.05, 0.1) is 31.0 Å². The van der Waals surface area contributed by atoms with Gasteiger partial charge in [0.25, 0.3) is 0 Å². The minimum absolute atomic E-state index is 0.0183. The van der Waals surface area contributed by atoms with Crippen molar-refractivity contribution >= 4 is 23.7 Å². The van der Waals surface area contributed by atoms with Gasteiger partial charge in [-0.1, -0.05) is 30.0 Å². The molecule has 1 aliphatic rings. The number of methoxy groups -OCH3 is 1. The van der Waals surface area contributed by atoms with Crippen LogP contribution in [0.25, 0.3) is 11.8 Å². The lowest BCUT2D eigenvalue weighted by Gasteiger charge is -2.14. The number of carbonyl (C=O) groups excluding carboxylic acids is 1. The van der Waals surface area contributed by atoms with Crippen LogP contribution in [0.1, 0.15) is 29.8 Å². The number of rotatable bonds is 9.